The Balaban J connectivity index is 1.62. The minimum Gasteiger partial charge on any atom is -0.497 e. The smallest absolute Gasteiger partial charge is 0.261 e. The van der Waals surface area contributed by atoms with Gasteiger partial charge in [-0.05, 0) is 95.1 Å². The normalized spacial score (nSPS) is 20.4. The summed E-state index contributed by atoms with van der Waals surface area (Å²) in [4.78, 5) is 18.4. The van der Waals surface area contributed by atoms with Crippen molar-refractivity contribution in [3.63, 3.8) is 0 Å². The molecular weight excluding hydrogens is 630 g/mol. The number of ether oxygens (including phenoxy) is 3. The van der Waals surface area contributed by atoms with E-state index in [1.54, 1.807) is 55.3 Å². The van der Waals surface area contributed by atoms with Gasteiger partial charge in [-0.2, -0.15) is 0 Å². The fourth-order valence-corrected chi connectivity index (χ4v) is 6.84. The summed E-state index contributed by atoms with van der Waals surface area (Å²) in [6.45, 7) is 9.73. The van der Waals surface area contributed by atoms with Gasteiger partial charge in [0.1, 0.15) is 11.5 Å². The minimum atomic E-state index is -3.91. The number of fused-ring (bicyclic) bond motifs is 1. The van der Waals surface area contributed by atoms with Crippen LogP contribution < -0.4 is 14.2 Å². The topological polar surface area (TPSA) is 118 Å². The molecule has 0 saturated carbocycles. The Kier molecular flexibility index (Phi) is 13.3. The molecule has 0 fully saturated rings. The summed E-state index contributed by atoms with van der Waals surface area (Å²) in [6.07, 6.45) is 2.13. The zero-order valence-electron chi connectivity index (χ0n) is 29.0. The summed E-state index contributed by atoms with van der Waals surface area (Å²) in [7, 11) is -0.200. The number of benzene rings is 3. The second-order valence-corrected chi connectivity index (χ2v) is 14.7. The number of nitrogens with zero attached hydrogens (tertiary/aromatic N) is 2. The lowest BCUT2D eigenvalue weighted by molar-refractivity contribution is -0.0177. The maximum Gasteiger partial charge on any atom is 0.261 e. The van der Waals surface area contributed by atoms with Gasteiger partial charge in [-0.1, -0.05) is 36.8 Å². The third-order valence-electron chi connectivity index (χ3n) is 8.74. The second kappa shape index (κ2) is 17.1. The number of methoxy groups -OCH3 is 1. The standard InChI is InChI=1S/C37H51N3O7S/c1-26-10-17-33(18-11-26)48(43,44)38-31-14-19-35-34(21-31)37(42)40(28(3)25-41)22-27(2)36(46-20-8-7-9-29(4)47-35)24-39(5)23-30-12-15-32(45-6)16-13-30/h10-19,21,27-29,36,38,41H,7-9,20,22-25H2,1-6H3/t27-,28+,29+,36-/m0/s1. The first-order valence-electron chi connectivity index (χ1n) is 16.6. The highest BCUT2D eigenvalue weighted by atomic mass is 32.2. The molecule has 4 rings (SSSR count). The fraction of sp³-hybridized carbons (Fsp3) is 0.486. The van der Waals surface area contributed by atoms with Crippen LogP contribution in [0.1, 0.15) is 61.5 Å². The minimum absolute atomic E-state index is 0.0873. The molecule has 0 unspecified atom stereocenters. The third-order valence-corrected chi connectivity index (χ3v) is 10.1. The van der Waals surface area contributed by atoms with Gasteiger partial charge in [0.25, 0.3) is 15.9 Å². The number of carbonyl (C=O) groups excluding carboxylic acids is 1. The number of hydrogen-bond donors (Lipinski definition) is 2. The van der Waals surface area contributed by atoms with E-state index in [0.717, 1.165) is 42.7 Å². The highest BCUT2D eigenvalue weighted by Crippen LogP contribution is 2.30. The number of anilines is 1. The van der Waals surface area contributed by atoms with Crippen LogP contribution >= 0.6 is 0 Å². The molecule has 11 heteroatoms. The summed E-state index contributed by atoms with van der Waals surface area (Å²) < 4.78 is 47.2. The average Bonchev–Trinajstić information content (AvgIpc) is 3.06. The van der Waals surface area contributed by atoms with Crippen molar-refractivity contribution in [3.05, 3.63) is 83.4 Å². The van der Waals surface area contributed by atoms with Crippen LogP contribution in [-0.2, 0) is 21.3 Å². The number of aliphatic hydroxyl groups excluding tert-OH is 1. The van der Waals surface area contributed by atoms with Gasteiger partial charge in [-0.3, -0.25) is 14.4 Å². The molecule has 3 aromatic rings. The van der Waals surface area contributed by atoms with Crippen LogP contribution in [-0.4, -0.2) is 87.9 Å². The van der Waals surface area contributed by atoms with Gasteiger partial charge in [0.15, 0.2) is 0 Å². The molecule has 0 aromatic heterocycles. The number of nitrogens with one attached hydrogen (secondary N) is 1. The van der Waals surface area contributed by atoms with Gasteiger partial charge in [0, 0.05) is 37.8 Å². The van der Waals surface area contributed by atoms with Crippen molar-refractivity contribution in [2.45, 2.75) is 76.6 Å². The first kappa shape index (κ1) is 37.2. The molecule has 0 bridgehead atoms. The molecule has 1 aliphatic heterocycles. The lowest BCUT2D eigenvalue weighted by atomic mass is 10.0. The highest BCUT2D eigenvalue weighted by Gasteiger charge is 2.30. The summed E-state index contributed by atoms with van der Waals surface area (Å²) in [5.74, 6) is 0.738. The number of hydrogen-bond acceptors (Lipinski definition) is 8. The number of rotatable bonds is 10. The zero-order chi connectivity index (χ0) is 34.8. The number of aryl methyl sites for hydroxylation is 1. The number of likely N-dealkylation sites (N-methyl/N-ethyl adjacent to an activating group) is 1. The van der Waals surface area contributed by atoms with Crippen LogP contribution in [0.15, 0.2) is 71.6 Å². The van der Waals surface area contributed by atoms with Gasteiger partial charge in [-0.25, -0.2) is 8.42 Å². The molecule has 0 radical (unpaired) electrons. The Morgan fingerprint density at radius 2 is 1.77 bits per heavy atom. The van der Waals surface area contributed by atoms with Crippen LogP contribution in [0.4, 0.5) is 5.69 Å². The first-order chi connectivity index (χ1) is 22.9. The Labute approximate surface area is 286 Å². The molecule has 1 aliphatic rings. The molecule has 4 atom stereocenters. The van der Waals surface area contributed by atoms with E-state index in [-0.39, 0.29) is 46.8 Å². The Morgan fingerprint density at radius 3 is 2.44 bits per heavy atom. The summed E-state index contributed by atoms with van der Waals surface area (Å²) in [5.41, 5.74) is 2.56. The van der Waals surface area contributed by atoms with Gasteiger partial charge < -0.3 is 24.2 Å². The fourth-order valence-electron chi connectivity index (χ4n) is 5.79. The van der Waals surface area contributed by atoms with Crippen LogP contribution in [0.25, 0.3) is 0 Å². The lowest BCUT2D eigenvalue weighted by Crippen LogP contribution is -2.47. The van der Waals surface area contributed by atoms with Crippen molar-refractivity contribution in [1.29, 1.82) is 0 Å². The predicted octanol–water partition coefficient (Wildman–Crippen LogP) is 5.73. The second-order valence-electron chi connectivity index (χ2n) is 13.0. The van der Waals surface area contributed by atoms with Crippen molar-refractivity contribution >= 4 is 21.6 Å². The number of amides is 1. The highest BCUT2D eigenvalue weighted by molar-refractivity contribution is 7.92. The molecule has 1 amide bonds. The molecule has 1 heterocycles. The predicted molar refractivity (Wildman–Crippen MR) is 188 cm³/mol. The van der Waals surface area contributed by atoms with Crippen LogP contribution in [0, 0.1) is 12.8 Å². The number of sulfonamides is 1. The van der Waals surface area contributed by atoms with Crippen LogP contribution in [0.5, 0.6) is 11.5 Å². The Hall–Kier alpha value is -3.64. The van der Waals surface area contributed by atoms with Crippen molar-refractivity contribution in [3.8, 4) is 11.5 Å². The monoisotopic (exact) mass is 681 g/mol. The Bertz CT molecular complexity index is 1580. The zero-order valence-corrected chi connectivity index (χ0v) is 29.8. The van der Waals surface area contributed by atoms with E-state index in [4.69, 9.17) is 14.2 Å². The maximum absolute atomic E-state index is 14.4. The van der Waals surface area contributed by atoms with Crippen LogP contribution in [0.2, 0.25) is 0 Å². The van der Waals surface area contributed by atoms with Crippen molar-refractivity contribution in [1.82, 2.24) is 9.80 Å². The van der Waals surface area contributed by atoms with Gasteiger partial charge in [0.05, 0.1) is 42.4 Å². The molecule has 10 nitrogen and oxygen atoms in total. The molecular formula is C37H51N3O7S. The quantitative estimate of drug-likeness (QED) is 0.279. The van der Waals surface area contributed by atoms with E-state index >= 15 is 0 Å². The van der Waals surface area contributed by atoms with E-state index in [1.807, 2.05) is 38.1 Å². The number of aliphatic hydroxyl groups is 1. The molecule has 0 saturated heterocycles. The van der Waals surface area contributed by atoms with Crippen molar-refractivity contribution < 1.29 is 32.5 Å². The third kappa shape index (κ3) is 10.2. The van der Waals surface area contributed by atoms with Gasteiger partial charge in [0.2, 0.25) is 0 Å². The summed E-state index contributed by atoms with van der Waals surface area (Å²) >= 11 is 0. The Morgan fingerprint density at radius 1 is 1.06 bits per heavy atom. The maximum atomic E-state index is 14.4. The van der Waals surface area contributed by atoms with E-state index in [9.17, 15) is 18.3 Å². The molecule has 48 heavy (non-hydrogen) atoms. The van der Waals surface area contributed by atoms with Crippen molar-refractivity contribution in [2.75, 3.05) is 45.2 Å². The van der Waals surface area contributed by atoms with Crippen molar-refractivity contribution in [2.24, 2.45) is 5.92 Å². The lowest BCUT2D eigenvalue weighted by Gasteiger charge is -2.36. The SMILES string of the molecule is COc1ccc(CN(C)C[C@@H]2OCCCC[C@@H](C)Oc3ccc(NS(=O)(=O)c4ccc(C)cc4)cc3C(=O)N([C@H](C)CO)C[C@@H]2C)cc1. The van der Waals surface area contributed by atoms with E-state index in [2.05, 4.69) is 23.6 Å². The van der Waals surface area contributed by atoms with Crippen LogP contribution in [0.3, 0.4) is 0 Å². The molecule has 262 valence electrons. The first-order valence-corrected chi connectivity index (χ1v) is 18.1. The molecule has 0 spiro atoms. The number of carbonyl (C=O) groups is 1. The summed E-state index contributed by atoms with van der Waals surface area (Å²) in [5, 5.41) is 10.3. The molecule has 2 N–H and O–H groups in total. The van der Waals surface area contributed by atoms with E-state index in [1.165, 1.54) is 6.07 Å². The van der Waals surface area contributed by atoms with E-state index in [0.29, 0.717) is 25.4 Å². The van der Waals surface area contributed by atoms with E-state index < -0.39 is 16.1 Å². The van der Waals surface area contributed by atoms with Gasteiger partial charge in [-0.15, -0.1) is 0 Å². The average molecular weight is 682 g/mol. The largest absolute Gasteiger partial charge is 0.497 e. The van der Waals surface area contributed by atoms with Gasteiger partial charge >= 0.3 is 0 Å². The summed E-state index contributed by atoms with van der Waals surface area (Å²) in [6, 6.07) is 18.8. The molecule has 0 aliphatic carbocycles. The molecule has 3 aromatic carbocycles.